The summed E-state index contributed by atoms with van der Waals surface area (Å²) in [5, 5.41) is 22.6. The van der Waals surface area contributed by atoms with Crippen LogP contribution in [-0.4, -0.2) is 34.9 Å². The monoisotopic (exact) mass is 510 g/mol. The fourth-order valence-corrected chi connectivity index (χ4v) is 5.30. The molecule has 1 aromatic heterocycles. The molecule has 0 spiro atoms. The average Bonchev–Trinajstić information content (AvgIpc) is 2.87. The summed E-state index contributed by atoms with van der Waals surface area (Å²) in [6.45, 7) is 10.2. The first-order chi connectivity index (χ1) is 18.1. The summed E-state index contributed by atoms with van der Waals surface area (Å²) < 4.78 is 18.1. The Labute approximate surface area is 221 Å². The number of fused-ring (bicyclic) bond motifs is 1. The highest BCUT2D eigenvalue weighted by molar-refractivity contribution is 6.10. The molecule has 38 heavy (non-hydrogen) atoms. The van der Waals surface area contributed by atoms with E-state index in [9.17, 15) is 15.2 Å². The number of carboxylic acids is 1. The van der Waals surface area contributed by atoms with Gasteiger partial charge >= 0.3 is 5.97 Å². The average molecular weight is 511 g/mol. The number of pyridine rings is 1. The lowest BCUT2D eigenvalue weighted by Gasteiger charge is -2.29. The van der Waals surface area contributed by atoms with Crippen LogP contribution >= 0.6 is 0 Å². The van der Waals surface area contributed by atoms with Crippen molar-refractivity contribution in [2.75, 3.05) is 13.2 Å². The van der Waals surface area contributed by atoms with Crippen LogP contribution in [0, 0.1) is 18.3 Å². The molecule has 194 valence electrons. The van der Waals surface area contributed by atoms with Crippen LogP contribution in [0.25, 0.3) is 32.8 Å². The lowest BCUT2D eigenvalue weighted by atomic mass is 9.85. The largest absolute Gasteiger partial charge is 0.493 e. The summed E-state index contributed by atoms with van der Waals surface area (Å²) in [4.78, 5) is 17.5. The number of carboxylic acid groups (broad SMARTS) is 1. The van der Waals surface area contributed by atoms with E-state index < -0.39 is 17.7 Å². The number of hydrogen-bond donors (Lipinski definition) is 1. The highest BCUT2D eigenvalue weighted by Gasteiger charge is 2.33. The van der Waals surface area contributed by atoms with Gasteiger partial charge in [-0.05, 0) is 87.0 Å². The maximum atomic E-state index is 12.7. The zero-order valence-electron chi connectivity index (χ0n) is 22.2. The van der Waals surface area contributed by atoms with E-state index in [0.29, 0.717) is 35.7 Å². The lowest BCUT2D eigenvalue weighted by molar-refractivity contribution is -0.160. The van der Waals surface area contributed by atoms with E-state index in [4.69, 9.17) is 19.2 Å². The lowest BCUT2D eigenvalue weighted by Crippen LogP contribution is -2.28. The van der Waals surface area contributed by atoms with Gasteiger partial charge in [0.2, 0.25) is 0 Å². The quantitative estimate of drug-likeness (QED) is 0.315. The van der Waals surface area contributed by atoms with Crippen molar-refractivity contribution in [3.05, 3.63) is 64.8 Å². The fraction of sp³-hybridized carbons (Fsp3) is 0.323. The highest BCUT2D eigenvalue weighted by Crippen LogP contribution is 2.47. The highest BCUT2D eigenvalue weighted by atomic mass is 16.5. The zero-order valence-corrected chi connectivity index (χ0v) is 22.2. The second-order valence-corrected chi connectivity index (χ2v) is 10.4. The van der Waals surface area contributed by atoms with Crippen molar-refractivity contribution in [1.82, 2.24) is 4.98 Å². The molecule has 2 heterocycles. The van der Waals surface area contributed by atoms with Gasteiger partial charge in [0.25, 0.3) is 0 Å². The molecule has 0 amide bonds. The van der Waals surface area contributed by atoms with Gasteiger partial charge in [-0.25, -0.2) is 4.79 Å². The minimum absolute atomic E-state index is 0.384. The molecule has 7 nitrogen and oxygen atoms in total. The first-order valence-corrected chi connectivity index (χ1v) is 12.7. The van der Waals surface area contributed by atoms with Crippen molar-refractivity contribution in [1.29, 1.82) is 5.26 Å². The van der Waals surface area contributed by atoms with Crippen LogP contribution in [0.5, 0.6) is 11.5 Å². The van der Waals surface area contributed by atoms with Gasteiger partial charge in [-0.2, -0.15) is 5.26 Å². The molecule has 0 fully saturated rings. The molecule has 0 aliphatic carbocycles. The number of hydrogen-bond acceptors (Lipinski definition) is 6. The van der Waals surface area contributed by atoms with E-state index in [-0.39, 0.29) is 0 Å². The van der Waals surface area contributed by atoms with Gasteiger partial charge in [0.15, 0.2) is 6.10 Å². The molecular weight excluding hydrogens is 480 g/mol. The van der Waals surface area contributed by atoms with Gasteiger partial charge in [-0.15, -0.1) is 0 Å². The predicted molar refractivity (Wildman–Crippen MR) is 146 cm³/mol. The maximum Gasteiger partial charge on any atom is 0.337 e. The molecule has 0 saturated carbocycles. The third-order valence-corrected chi connectivity index (χ3v) is 6.73. The first-order valence-electron chi connectivity index (χ1n) is 12.7. The molecule has 4 aromatic rings. The van der Waals surface area contributed by atoms with E-state index in [2.05, 4.69) is 6.07 Å². The van der Waals surface area contributed by atoms with Crippen molar-refractivity contribution in [3.8, 4) is 28.7 Å². The van der Waals surface area contributed by atoms with Crippen LogP contribution in [0.4, 0.5) is 0 Å². The molecule has 1 N–H and O–H groups in total. The van der Waals surface area contributed by atoms with Crippen molar-refractivity contribution in [2.24, 2.45) is 0 Å². The fourth-order valence-electron chi connectivity index (χ4n) is 5.30. The topological polar surface area (TPSA) is 102 Å². The Bertz CT molecular complexity index is 1620. The Balaban J connectivity index is 1.96. The maximum absolute atomic E-state index is 12.7. The van der Waals surface area contributed by atoms with Crippen LogP contribution in [0.2, 0.25) is 0 Å². The number of nitrogens with zero attached hydrogens (tertiary/aromatic N) is 2. The van der Waals surface area contributed by atoms with Gasteiger partial charge in [-0.3, -0.25) is 4.98 Å². The second kappa shape index (κ2) is 9.62. The molecule has 5 rings (SSSR count). The third kappa shape index (κ3) is 4.31. The minimum atomic E-state index is -1.23. The SMILES string of the molecule is CCOc1c(C#N)ccc2c(-c3ccc4c5c(ccnc35)CCO4)c([C@H](OC(C)(C)C)C(=O)O)c(C)cc12. The van der Waals surface area contributed by atoms with Gasteiger partial charge in [0.05, 0.1) is 29.9 Å². The number of aromatic nitrogens is 1. The van der Waals surface area contributed by atoms with Crippen molar-refractivity contribution < 1.29 is 24.1 Å². The normalized spacial score (nSPS) is 13.7. The number of aryl methyl sites for hydroxylation is 1. The van der Waals surface area contributed by atoms with Gasteiger partial charge in [0, 0.05) is 34.5 Å². The van der Waals surface area contributed by atoms with Gasteiger partial charge in [-0.1, -0.05) is 6.07 Å². The Morgan fingerprint density at radius 1 is 1.21 bits per heavy atom. The molecule has 0 radical (unpaired) electrons. The van der Waals surface area contributed by atoms with E-state index in [1.807, 2.05) is 65.0 Å². The molecule has 0 bridgehead atoms. The number of rotatable bonds is 6. The molecule has 1 aliphatic rings. The minimum Gasteiger partial charge on any atom is -0.493 e. The van der Waals surface area contributed by atoms with E-state index in [1.54, 1.807) is 12.3 Å². The predicted octanol–water partition coefficient (Wildman–Crippen LogP) is 6.51. The number of nitriles is 1. The van der Waals surface area contributed by atoms with E-state index in [0.717, 1.165) is 50.5 Å². The molecule has 1 atom stereocenters. The molecule has 7 heteroatoms. The van der Waals surface area contributed by atoms with E-state index >= 15 is 0 Å². The number of carbonyl (C=O) groups is 1. The first kappa shape index (κ1) is 25.5. The molecular formula is C31H30N2O5. The Morgan fingerprint density at radius 2 is 2.00 bits per heavy atom. The summed E-state index contributed by atoms with van der Waals surface area (Å²) >= 11 is 0. The molecule has 1 aliphatic heterocycles. The second-order valence-electron chi connectivity index (χ2n) is 10.4. The van der Waals surface area contributed by atoms with E-state index in [1.165, 1.54) is 0 Å². The van der Waals surface area contributed by atoms with Crippen molar-refractivity contribution in [2.45, 2.75) is 52.7 Å². The molecule has 0 saturated heterocycles. The standard InChI is InChI=1S/C31H30N2O5/c1-6-36-28-19(16-32)7-8-20-22(28)15-17(2)24(29(30(34)35)38-31(3,4)5)26(20)21-9-10-23-25-18(12-14-37-23)11-13-33-27(21)25/h7-11,13,15,29H,6,12,14H2,1-5H3,(H,34,35)/t29-/m0/s1. The molecule has 3 aromatic carbocycles. The van der Waals surface area contributed by atoms with Crippen LogP contribution < -0.4 is 9.47 Å². The number of benzene rings is 3. The Morgan fingerprint density at radius 3 is 2.68 bits per heavy atom. The van der Waals surface area contributed by atoms with Gasteiger partial charge in [0.1, 0.15) is 17.6 Å². The van der Waals surface area contributed by atoms with Crippen molar-refractivity contribution >= 4 is 27.6 Å². The van der Waals surface area contributed by atoms with Crippen LogP contribution in [-0.2, 0) is 16.0 Å². The zero-order chi connectivity index (χ0) is 27.2. The third-order valence-electron chi connectivity index (χ3n) is 6.73. The smallest absolute Gasteiger partial charge is 0.337 e. The van der Waals surface area contributed by atoms with Crippen molar-refractivity contribution in [3.63, 3.8) is 0 Å². The summed E-state index contributed by atoms with van der Waals surface area (Å²) in [7, 11) is 0. The summed E-state index contributed by atoms with van der Waals surface area (Å²) in [6, 6.07) is 13.6. The van der Waals surface area contributed by atoms with Crippen LogP contribution in [0.1, 0.15) is 56.1 Å². The Kier molecular flexibility index (Phi) is 6.46. The summed E-state index contributed by atoms with van der Waals surface area (Å²) in [6.07, 6.45) is 1.32. The molecule has 0 unspecified atom stereocenters. The van der Waals surface area contributed by atoms with Crippen LogP contribution in [0.15, 0.2) is 42.6 Å². The number of aliphatic carboxylic acids is 1. The van der Waals surface area contributed by atoms with Gasteiger partial charge < -0.3 is 19.3 Å². The summed E-state index contributed by atoms with van der Waals surface area (Å²) in [5.74, 6) is 0.159. The number of ether oxygens (including phenoxy) is 3. The van der Waals surface area contributed by atoms with Crippen LogP contribution in [0.3, 0.4) is 0 Å². The Hall–Kier alpha value is -4.15. The summed E-state index contributed by atoms with van der Waals surface area (Å²) in [5.41, 5.74) is 4.31.